The number of halogens is 1. The zero-order valence-corrected chi connectivity index (χ0v) is 18.4. The van der Waals surface area contributed by atoms with Gasteiger partial charge in [0.25, 0.3) is 0 Å². The summed E-state index contributed by atoms with van der Waals surface area (Å²) in [5.41, 5.74) is 1.11. The van der Waals surface area contributed by atoms with Crippen LogP contribution in [0.1, 0.15) is 24.3 Å². The molecule has 1 amide bonds. The van der Waals surface area contributed by atoms with Crippen molar-refractivity contribution >= 4 is 28.8 Å². The molecule has 1 saturated heterocycles. The quantitative estimate of drug-likeness (QED) is 0.522. The number of aromatic nitrogens is 2. The topological polar surface area (TPSA) is 62.5 Å². The molecule has 0 spiro atoms. The number of carbonyl (C=O) groups is 1. The fraction of sp³-hybridized carbons (Fsp3) is 0.409. The van der Waals surface area contributed by atoms with E-state index in [2.05, 4.69) is 15.0 Å². The van der Waals surface area contributed by atoms with Crippen LogP contribution in [-0.2, 0) is 17.6 Å². The fourth-order valence-corrected chi connectivity index (χ4v) is 4.50. The molecule has 4 rings (SSSR count). The molecular weight excluding hydrogens is 420 g/mol. The third kappa shape index (κ3) is 5.68. The van der Waals surface area contributed by atoms with E-state index >= 15 is 0 Å². The summed E-state index contributed by atoms with van der Waals surface area (Å²) in [6.45, 7) is 4.37. The highest BCUT2D eigenvalue weighted by molar-refractivity contribution is 7.13. The van der Waals surface area contributed by atoms with Gasteiger partial charge in [-0.2, -0.15) is 4.98 Å². The van der Waals surface area contributed by atoms with Crippen LogP contribution in [0.2, 0.25) is 5.02 Å². The Labute approximate surface area is 185 Å². The van der Waals surface area contributed by atoms with Gasteiger partial charge in [0.1, 0.15) is 0 Å². The number of nitrogens with zero attached hydrogens (tertiary/aromatic N) is 4. The SMILES string of the molecule is O=C(CCc1cccc(Cl)c1)N1CCN(CCCc2nc(-c3cccs3)no2)CC1. The van der Waals surface area contributed by atoms with Gasteiger partial charge in [-0.05, 0) is 48.5 Å². The number of piperazine rings is 1. The van der Waals surface area contributed by atoms with Crippen molar-refractivity contribution in [2.75, 3.05) is 32.7 Å². The molecule has 0 aliphatic carbocycles. The van der Waals surface area contributed by atoms with E-state index in [0.29, 0.717) is 18.1 Å². The number of rotatable bonds is 8. The molecule has 0 N–H and O–H groups in total. The number of aryl methyl sites for hydroxylation is 2. The predicted octanol–water partition coefficient (Wildman–Crippen LogP) is 4.16. The van der Waals surface area contributed by atoms with Crippen molar-refractivity contribution in [3.63, 3.8) is 0 Å². The number of benzene rings is 1. The number of amides is 1. The summed E-state index contributed by atoms with van der Waals surface area (Å²) in [6.07, 6.45) is 3.01. The highest BCUT2D eigenvalue weighted by Gasteiger charge is 2.21. The van der Waals surface area contributed by atoms with Gasteiger partial charge in [-0.3, -0.25) is 9.69 Å². The minimum Gasteiger partial charge on any atom is -0.340 e. The van der Waals surface area contributed by atoms with Crippen LogP contribution in [0.25, 0.3) is 10.7 Å². The summed E-state index contributed by atoms with van der Waals surface area (Å²) < 4.78 is 5.36. The van der Waals surface area contributed by atoms with Crippen LogP contribution >= 0.6 is 22.9 Å². The molecule has 0 radical (unpaired) electrons. The van der Waals surface area contributed by atoms with Crippen LogP contribution in [0.15, 0.2) is 46.3 Å². The van der Waals surface area contributed by atoms with Gasteiger partial charge in [0.15, 0.2) is 0 Å². The Bertz CT molecular complexity index is 952. The minimum absolute atomic E-state index is 0.224. The van der Waals surface area contributed by atoms with Gasteiger partial charge in [0.2, 0.25) is 17.6 Å². The van der Waals surface area contributed by atoms with E-state index in [0.717, 1.165) is 67.4 Å². The molecule has 1 fully saturated rings. The zero-order valence-electron chi connectivity index (χ0n) is 16.8. The van der Waals surface area contributed by atoms with Crippen molar-refractivity contribution in [3.05, 3.63) is 58.3 Å². The maximum absolute atomic E-state index is 12.5. The summed E-state index contributed by atoms with van der Waals surface area (Å²) >= 11 is 7.63. The fourth-order valence-electron chi connectivity index (χ4n) is 3.64. The second-order valence-electron chi connectivity index (χ2n) is 7.44. The molecule has 8 heteroatoms. The Kier molecular flexibility index (Phi) is 7.15. The highest BCUT2D eigenvalue weighted by atomic mass is 35.5. The van der Waals surface area contributed by atoms with E-state index in [-0.39, 0.29) is 5.91 Å². The second kappa shape index (κ2) is 10.2. The summed E-state index contributed by atoms with van der Waals surface area (Å²) in [5.74, 6) is 1.58. The molecule has 1 aliphatic rings. The number of carbonyl (C=O) groups excluding carboxylic acids is 1. The highest BCUT2D eigenvalue weighted by Crippen LogP contribution is 2.21. The molecule has 6 nitrogen and oxygen atoms in total. The standard InChI is InChI=1S/C22H25ClN4O2S/c23-18-5-1-4-17(16-18)8-9-21(28)27-13-11-26(12-14-27)10-2-7-20-24-22(25-29-20)19-6-3-15-30-19/h1,3-6,15-16H,2,7-14H2. The van der Waals surface area contributed by atoms with E-state index in [4.69, 9.17) is 16.1 Å². The first-order valence-corrected chi connectivity index (χ1v) is 11.5. The largest absolute Gasteiger partial charge is 0.340 e. The summed E-state index contributed by atoms with van der Waals surface area (Å²) in [5, 5.41) is 6.78. The average molecular weight is 445 g/mol. The van der Waals surface area contributed by atoms with Crippen molar-refractivity contribution in [3.8, 4) is 10.7 Å². The van der Waals surface area contributed by atoms with Gasteiger partial charge >= 0.3 is 0 Å². The van der Waals surface area contributed by atoms with Gasteiger partial charge in [0, 0.05) is 44.0 Å². The van der Waals surface area contributed by atoms with Crippen molar-refractivity contribution < 1.29 is 9.32 Å². The first-order chi connectivity index (χ1) is 14.7. The monoisotopic (exact) mass is 444 g/mol. The molecule has 0 unspecified atom stereocenters. The molecule has 2 aromatic heterocycles. The van der Waals surface area contributed by atoms with Crippen molar-refractivity contribution in [2.45, 2.75) is 25.7 Å². The van der Waals surface area contributed by atoms with Crippen molar-refractivity contribution in [1.29, 1.82) is 0 Å². The van der Waals surface area contributed by atoms with E-state index in [1.165, 1.54) is 0 Å². The van der Waals surface area contributed by atoms with Crippen LogP contribution < -0.4 is 0 Å². The van der Waals surface area contributed by atoms with E-state index in [1.807, 2.05) is 46.7 Å². The van der Waals surface area contributed by atoms with Crippen LogP contribution in [0, 0.1) is 0 Å². The summed E-state index contributed by atoms with van der Waals surface area (Å²) in [4.78, 5) is 22.4. The lowest BCUT2D eigenvalue weighted by Crippen LogP contribution is -2.48. The van der Waals surface area contributed by atoms with E-state index < -0.39 is 0 Å². The minimum atomic E-state index is 0.224. The maximum atomic E-state index is 12.5. The zero-order chi connectivity index (χ0) is 20.8. The normalized spacial score (nSPS) is 14.9. The number of hydrogen-bond donors (Lipinski definition) is 0. The smallest absolute Gasteiger partial charge is 0.227 e. The Balaban J connectivity index is 1.15. The Morgan fingerprint density at radius 1 is 1.13 bits per heavy atom. The molecule has 0 bridgehead atoms. The van der Waals surface area contributed by atoms with Gasteiger partial charge in [-0.15, -0.1) is 11.3 Å². The first kappa shape index (κ1) is 21.0. The van der Waals surface area contributed by atoms with Crippen LogP contribution in [-0.4, -0.2) is 58.6 Å². The van der Waals surface area contributed by atoms with Crippen LogP contribution in [0.3, 0.4) is 0 Å². The molecule has 3 aromatic rings. The Morgan fingerprint density at radius 2 is 2.00 bits per heavy atom. The van der Waals surface area contributed by atoms with Gasteiger partial charge in [-0.25, -0.2) is 0 Å². The molecule has 3 heterocycles. The Morgan fingerprint density at radius 3 is 2.77 bits per heavy atom. The van der Waals surface area contributed by atoms with Crippen molar-refractivity contribution in [2.24, 2.45) is 0 Å². The average Bonchev–Trinajstić information content (AvgIpc) is 3.45. The molecule has 158 valence electrons. The molecule has 1 aromatic carbocycles. The lowest BCUT2D eigenvalue weighted by Gasteiger charge is -2.34. The van der Waals surface area contributed by atoms with Crippen LogP contribution in [0.5, 0.6) is 0 Å². The van der Waals surface area contributed by atoms with Gasteiger partial charge < -0.3 is 9.42 Å². The second-order valence-corrected chi connectivity index (χ2v) is 8.83. The lowest BCUT2D eigenvalue weighted by molar-refractivity contribution is -0.132. The third-order valence-electron chi connectivity index (χ3n) is 5.32. The van der Waals surface area contributed by atoms with Gasteiger partial charge in [0.05, 0.1) is 4.88 Å². The summed E-state index contributed by atoms with van der Waals surface area (Å²) in [6, 6.07) is 11.7. The van der Waals surface area contributed by atoms with E-state index in [9.17, 15) is 4.79 Å². The molecule has 0 saturated carbocycles. The predicted molar refractivity (Wildman–Crippen MR) is 119 cm³/mol. The van der Waals surface area contributed by atoms with Gasteiger partial charge in [-0.1, -0.05) is 35.0 Å². The Hall–Kier alpha value is -2.22. The van der Waals surface area contributed by atoms with Crippen LogP contribution in [0.4, 0.5) is 0 Å². The molecule has 30 heavy (non-hydrogen) atoms. The molecule has 1 aliphatic heterocycles. The molecular formula is C22H25ClN4O2S. The third-order valence-corrected chi connectivity index (χ3v) is 6.42. The summed E-state index contributed by atoms with van der Waals surface area (Å²) in [7, 11) is 0. The first-order valence-electron chi connectivity index (χ1n) is 10.3. The van der Waals surface area contributed by atoms with E-state index in [1.54, 1.807) is 11.3 Å². The lowest BCUT2D eigenvalue weighted by atomic mass is 10.1. The number of hydrogen-bond acceptors (Lipinski definition) is 6. The maximum Gasteiger partial charge on any atom is 0.227 e. The number of thiophene rings is 1. The van der Waals surface area contributed by atoms with Crippen molar-refractivity contribution in [1.82, 2.24) is 19.9 Å². The molecule has 0 atom stereocenters.